The highest BCUT2D eigenvalue weighted by atomic mass is 32.1. The van der Waals surface area contributed by atoms with Crippen molar-refractivity contribution >= 4 is 22.2 Å². The van der Waals surface area contributed by atoms with Gasteiger partial charge in [0.05, 0.1) is 5.69 Å². The Bertz CT molecular complexity index is 627. The molecule has 1 fully saturated rings. The molecule has 0 amide bonds. The monoisotopic (exact) mass is 288 g/mol. The quantitative estimate of drug-likeness (QED) is 0.851. The first-order valence-electron chi connectivity index (χ1n) is 6.37. The fourth-order valence-corrected chi connectivity index (χ4v) is 3.09. The summed E-state index contributed by atoms with van der Waals surface area (Å²) in [5.41, 5.74) is 0.821. The van der Waals surface area contributed by atoms with Gasteiger partial charge in [0.1, 0.15) is 17.4 Å². The van der Waals surface area contributed by atoms with Crippen molar-refractivity contribution in [3.63, 3.8) is 0 Å². The lowest BCUT2D eigenvalue weighted by molar-refractivity contribution is 0.616. The Morgan fingerprint density at radius 1 is 1.20 bits per heavy atom. The molecule has 1 aromatic carbocycles. The van der Waals surface area contributed by atoms with Gasteiger partial charge in [0.15, 0.2) is 5.13 Å². The number of piperazine rings is 1. The van der Waals surface area contributed by atoms with Gasteiger partial charge in [-0.05, 0) is 12.1 Å². The number of anilines is 2. The molecule has 2 aromatic rings. The molecule has 102 valence electrons. The third kappa shape index (κ3) is 2.32. The lowest BCUT2D eigenvalue weighted by Gasteiger charge is -2.36. The van der Waals surface area contributed by atoms with Crippen LogP contribution in [0.4, 0.5) is 15.2 Å². The standard InChI is InChI=1S/C14H13FN4S/c15-12-2-1-3-13(11(12)10-16)18-5-7-19(8-6-18)14-17-4-9-20-14/h1-4,9H,5-8H2. The average molecular weight is 288 g/mol. The molecule has 4 nitrogen and oxygen atoms in total. The van der Waals surface area contributed by atoms with E-state index in [2.05, 4.69) is 14.8 Å². The van der Waals surface area contributed by atoms with E-state index in [1.54, 1.807) is 29.7 Å². The average Bonchev–Trinajstić information content (AvgIpc) is 3.01. The van der Waals surface area contributed by atoms with E-state index in [1.165, 1.54) is 6.07 Å². The highest BCUT2D eigenvalue weighted by molar-refractivity contribution is 7.13. The maximum atomic E-state index is 13.6. The number of halogens is 1. The highest BCUT2D eigenvalue weighted by Gasteiger charge is 2.21. The number of benzene rings is 1. The molecule has 0 bridgehead atoms. The van der Waals surface area contributed by atoms with Crippen LogP contribution in [0.1, 0.15) is 5.56 Å². The van der Waals surface area contributed by atoms with Crippen LogP contribution in [0.2, 0.25) is 0 Å². The summed E-state index contributed by atoms with van der Waals surface area (Å²) in [4.78, 5) is 8.58. The van der Waals surface area contributed by atoms with E-state index in [1.807, 2.05) is 11.4 Å². The molecule has 0 radical (unpaired) electrons. The molecule has 1 saturated heterocycles. The lowest BCUT2D eigenvalue weighted by atomic mass is 10.1. The Balaban J connectivity index is 1.76. The van der Waals surface area contributed by atoms with Crippen LogP contribution in [0, 0.1) is 17.1 Å². The number of rotatable bonds is 2. The maximum absolute atomic E-state index is 13.6. The van der Waals surface area contributed by atoms with Crippen LogP contribution in [-0.4, -0.2) is 31.2 Å². The zero-order valence-electron chi connectivity index (χ0n) is 10.8. The number of thiazole rings is 1. The van der Waals surface area contributed by atoms with Crippen LogP contribution in [0.5, 0.6) is 0 Å². The molecule has 2 heterocycles. The van der Waals surface area contributed by atoms with Crippen molar-refractivity contribution in [3.05, 3.63) is 41.2 Å². The molecule has 0 unspecified atom stereocenters. The summed E-state index contributed by atoms with van der Waals surface area (Å²) in [5, 5.41) is 12.1. The van der Waals surface area contributed by atoms with Crippen molar-refractivity contribution in [3.8, 4) is 6.07 Å². The summed E-state index contributed by atoms with van der Waals surface area (Å²) >= 11 is 1.62. The van der Waals surface area contributed by atoms with E-state index < -0.39 is 5.82 Å². The minimum Gasteiger partial charge on any atom is -0.367 e. The summed E-state index contributed by atoms with van der Waals surface area (Å²) in [6.07, 6.45) is 1.80. The lowest BCUT2D eigenvalue weighted by Crippen LogP contribution is -2.46. The molecular weight excluding hydrogens is 275 g/mol. The van der Waals surface area contributed by atoms with Crippen LogP contribution in [-0.2, 0) is 0 Å². The van der Waals surface area contributed by atoms with Gasteiger partial charge in [-0.3, -0.25) is 0 Å². The first kappa shape index (κ1) is 12.9. The molecule has 3 rings (SSSR count). The number of hydrogen-bond acceptors (Lipinski definition) is 5. The molecule has 20 heavy (non-hydrogen) atoms. The van der Waals surface area contributed by atoms with Gasteiger partial charge in [0.25, 0.3) is 0 Å². The predicted octanol–water partition coefficient (Wildman–Crippen LogP) is 2.48. The third-order valence-electron chi connectivity index (χ3n) is 3.41. The molecule has 0 saturated carbocycles. The summed E-state index contributed by atoms with van der Waals surface area (Å²) in [6.45, 7) is 3.18. The molecule has 1 aliphatic heterocycles. The molecule has 0 atom stereocenters. The van der Waals surface area contributed by atoms with Gasteiger partial charge >= 0.3 is 0 Å². The van der Waals surface area contributed by atoms with E-state index in [-0.39, 0.29) is 5.56 Å². The molecule has 0 N–H and O–H groups in total. The minimum absolute atomic E-state index is 0.134. The number of aromatic nitrogens is 1. The van der Waals surface area contributed by atoms with Gasteiger partial charge in [0, 0.05) is 37.8 Å². The van der Waals surface area contributed by atoms with Crippen LogP contribution in [0.3, 0.4) is 0 Å². The normalized spacial score (nSPS) is 15.2. The van der Waals surface area contributed by atoms with Gasteiger partial charge < -0.3 is 9.80 Å². The third-order valence-corrected chi connectivity index (χ3v) is 4.25. The van der Waals surface area contributed by atoms with Gasteiger partial charge in [-0.1, -0.05) is 6.07 Å². The van der Waals surface area contributed by atoms with E-state index in [0.29, 0.717) is 5.69 Å². The Morgan fingerprint density at radius 2 is 1.95 bits per heavy atom. The van der Waals surface area contributed by atoms with Crippen molar-refractivity contribution in [1.82, 2.24) is 4.98 Å². The molecule has 1 aromatic heterocycles. The summed E-state index contributed by atoms with van der Waals surface area (Å²) in [7, 11) is 0. The SMILES string of the molecule is N#Cc1c(F)cccc1N1CCN(c2nccs2)CC1. The Hall–Kier alpha value is -2.13. The molecule has 1 aliphatic rings. The van der Waals surface area contributed by atoms with Crippen LogP contribution in [0.25, 0.3) is 0 Å². The second-order valence-corrected chi connectivity index (χ2v) is 5.41. The predicted molar refractivity (Wildman–Crippen MR) is 77.7 cm³/mol. The molecule has 6 heteroatoms. The smallest absolute Gasteiger partial charge is 0.185 e. The van der Waals surface area contributed by atoms with Crippen molar-refractivity contribution in [2.45, 2.75) is 0 Å². The Kier molecular flexibility index (Phi) is 3.52. The highest BCUT2D eigenvalue weighted by Crippen LogP contribution is 2.25. The Labute approximate surface area is 120 Å². The summed E-state index contributed by atoms with van der Waals surface area (Å²) in [6, 6.07) is 6.74. The van der Waals surface area contributed by atoms with Gasteiger partial charge in [-0.15, -0.1) is 11.3 Å². The first-order chi connectivity index (χ1) is 9.79. The van der Waals surface area contributed by atoms with E-state index >= 15 is 0 Å². The fraction of sp³-hybridized carbons (Fsp3) is 0.286. The van der Waals surface area contributed by atoms with Gasteiger partial charge in [0.2, 0.25) is 0 Å². The van der Waals surface area contributed by atoms with Crippen molar-refractivity contribution < 1.29 is 4.39 Å². The molecular formula is C14H13FN4S. The van der Waals surface area contributed by atoms with Gasteiger partial charge in [-0.25, -0.2) is 9.37 Å². The summed E-state index contributed by atoms with van der Waals surface area (Å²) in [5.74, 6) is -0.452. The zero-order chi connectivity index (χ0) is 13.9. The van der Waals surface area contributed by atoms with Crippen molar-refractivity contribution in [2.75, 3.05) is 36.0 Å². The Morgan fingerprint density at radius 3 is 2.60 bits per heavy atom. The van der Waals surface area contributed by atoms with E-state index in [9.17, 15) is 4.39 Å². The second kappa shape index (κ2) is 5.47. The van der Waals surface area contributed by atoms with Crippen LogP contribution in [0.15, 0.2) is 29.8 Å². The van der Waals surface area contributed by atoms with Crippen molar-refractivity contribution in [2.24, 2.45) is 0 Å². The van der Waals surface area contributed by atoms with E-state index in [0.717, 1.165) is 31.3 Å². The van der Waals surface area contributed by atoms with Crippen LogP contribution >= 0.6 is 11.3 Å². The second-order valence-electron chi connectivity index (χ2n) is 4.53. The maximum Gasteiger partial charge on any atom is 0.185 e. The zero-order valence-corrected chi connectivity index (χ0v) is 11.6. The number of nitrogens with zero attached hydrogens (tertiary/aromatic N) is 4. The van der Waals surface area contributed by atoms with E-state index in [4.69, 9.17) is 5.26 Å². The first-order valence-corrected chi connectivity index (χ1v) is 7.25. The topological polar surface area (TPSA) is 43.2 Å². The largest absolute Gasteiger partial charge is 0.367 e. The summed E-state index contributed by atoms with van der Waals surface area (Å²) < 4.78 is 13.6. The number of hydrogen-bond donors (Lipinski definition) is 0. The van der Waals surface area contributed by atoms with Gasteiger partial charge in [-0.2, -0.15) is 5.26 Å². The molecule has 0 aliphatic carbocycles. The minimum atomic E-state index is -0.452. The number of nitriles is 1. The molecule has 0 spiro atoms. The van der Waals surface area contributed by atoms with Crippen molar-refractivity contribution in [1.29, 1.82) is 5.26 Å². The fourth-order valence-electron chi connectivity index (χ4n) is 2.40. The van der Waals surface area contributed by atoms with Crippen LogP contribution < -0.4 is 9.80 Å².